The predicted octanol–water partition coefficient (Wildman–Crippen LogP) is 4.89. The first-order valence-corrected chi connectivity index (χ1v) is 9.23. The molecule has 0 saturated carbocycles. The molecule has 0 unspecified atom stereocenters. The number of rotatable bonds is 5. The SMILES string of the molecule is Cc1oc2cc(OC(=O)COc3cccc(F)c3)ccc2c(=O)c1-c1ccccc1. The van der Waals surface area contributed by atoms with Crippen molar-refractivity contribution in [1.82, 2.24) is 0 Å². The minimum absolute atomic E-state index is 0.160. The van der Waals surface area contributed by atoms with Crippen LogP contribution in [0.4, 0.5) is 4.39 Å². The van der Waals surface area contributed by atoms with E-state index in [4.69, 9.17) is 13.9 Å². The summed E-state index contributed by atoms with van der Waals surface area (Å²) in [5.74, 6) is -0.225. The molecule has 0 bridgehead atoms. The molecule has 150 valence electrons. The van der Waals surface area contributed by atoms with Gasteiger partial charge in [-0.25, -0.2) is 9.18 Å². The van der Waals surface area contributed by atoms with Crippen LogP contribution < -0.4 is 14.9 Å². The van der Waals surface area contributed by atoms with Gasteiger partial charge in [0.25, 0.3) is 0 Å². The van der Waals surface area contributed by atoms with E-state index in [1.165, 1.54) is 36.4 Å². The van der Waals surface area contributed by atoms with Crippen molar-refractivity contribution < 1.29 is 23.1 Å². The van der Waals surface area contributed by atoms with Gasteiger partial charge in [0.15, 0.2) is 6.61 Å². The number of esters is 1. The Hall–Kier alpha value is -3.93. The molecule has 4 aromatic rings. The van der Waals surface area contributed by atoms with Crippen LogP contribution in [0.5, 0.6) is 11.5 Å². The van der Waals surface area contributed by atoms with Crippen LogP contribution in [0.3, 0.4) is 0 Å². The molecular formula is C24H17FO5. The van der Waals surface area contributed by atoms with Crippen LogP contribution in [0, 0.1) is 12.7 Å². The Morgan fingerprint density at radius 2 is 1.77 bits per heavy atom. The van der Waals surface area contributed by atoms with Crippen molar-refractivity contribution in [2.24, 2.45) is 0 Å². The lowest BCUT2D eigenvalue weighted by Crippen LogP contribution is -2.17. The molecule has 0 atom stereocenters. The first-order chi connectivity index (χ1) is 14.5. The second kappa shape index (κ2) is 8.21. The van der Waals surface area contributed by atoms with Gasteiger partial charge in [-0.1, -0.05) is 36.4 Å². The molecule has 1 aromatic heterocycles. The molecule has 0 saturated heterocycles. The number of carbonyl (C=O) groups excluding carboxylic acids is 1. The van der Waals surface area contributed by atoms with Crippen molar-refractivity contribution in [2.45, 2.75) is 6.92 Å². The van der Waals surface area contributed by atoms with E-state index in [0.717, 1.165) is 5.56 Å². The second-order valence-electron chi connectivity index (χ2n) is 6.61. The zero-order valence-corrected chi connectivity index (χ0v) is 16.1. The van der Waals surface area contributed by atoms with E-state index in [0.29, 0.717) is 22.3 Å². The average Bonchev–Trinajstić information content (AvgIpc) is 2.73. The van der Waals surface area contributed by atoms with E-state index in [2.05, 4.69) is 0 Å². The molecule has 0 aliphatic rings. The maximum atomic E-state index is 13.2. The highest BCUT2D eigenvalue weighted by Gasteiger charge is 2.15. The molecule has 0 aliphatic heterocycles. The normalized spacial score (nSPS) is 10.7. The predicted molar refractivity (Wildman–Crippen MR) is 110 cm³/mol. The number of ether oxygens (including phenoxy) is 2. The number of aryl methyl sites for hydroxylation is 1. The van der Waals surface area contributed by atoms with Crippen molar-refractivity contribution in [3.8, 4) is 22.6 Å². The largest absolute Gasteiger partial charge is 0.482 e. The van der Waals surface area contributed by atoms with Gasteiger partial charge in [0.05, 0.1) is 10.9 Å². The van der Waals surface area contributed by atoms with Crippen LogP contribution in [0.15, 0.2) is 82.0 Å². The molecule has 0 radical (unpaired) electrons. The van der Waals surface area contributed by atoms with Gasteiger partial charge < -0.3 is 13.9 Å². The summed E-state index contributed by atoms with van der Waals surface area (Å²) < 4.78 is 29.5. The van der Waals surface area contributed by atoms with Crippen molar-refractivity contribution in [3.63, 3.8) is 0 Å². The molecule has 0 fully saturated rings. The number of carbonyl (C=O) groups is 1. The van der Waals surface area contributed by atoms with E-state index < -0.39 is 18.4 Å². The maximum Gasteiger partial charge on any atom is 0.349 e. The first-order valence-electron chi connectivity index (χ1n) is 9.23. The topological polar surface area (TPSA) is 65.7 Å². The van der Waals surface area contributed by atoms with Gasteiger partial charge in [0, 0.05) is 12.1 Å². The van der Waals surface area contributed by atoms with E-state index in [9.17, 15) is 14.0 Å². The summed E-state index contributed by atoms with van der Waals surface area (Å²) in [5.41, 5.74) is 1.42. The molecule has 3 aromatic carbocycles. The van der Waals surface area contributed by atoms with Gasteiger partial charge in [-0.3, -0.25) is 4.79 Å². The van der Waals surface area contributed by atoms with Crippen LogP contribution in [0.1, 0.15) is 5.76 Å². The highest BCUT2D eigenvalue weighted by Crippen LogP contribution is 2.26. The summed E-state index contributed by atoms with van der Waals surface area (Å²) in [5, 5.41) is 0.385. The number of hydrogen-bond donors (Lipinski definition) is 0. The molecule has 1 heterocycles. The number of benzene rings is 3. The fourth-order valence-corrected chi connectivity index (χ4v) is 3.15. The summed E-state index contributed by atoms with van der Waals surface area (Å²) in [6.45, 7) is 1.33. The van der Waals surface area contributed by atoms with Gasteiger partial charge >= 0.3 is 5.97 Å². The Morgan fingerprint density at radius 1 is 0.967 bits per heavy atom. The van der Waals surface area contributed by atoms with Crippen molar-refractivity contribution in [2.75, 3.05) is 6.61 Å². The van der Waals surface area contributed by atoms with Crippen LogP contribution in [-0.2, 0) is 4.79 Å². The standard InChI is InChI=1S/C24H17FO5/c1-15-23(16-6-3-2-4-7-16)24(27)20-11-10-19(13-21(20)29-15)30-22(26)14-28-18-9-5-8-17(25)12-18/h2-13H,14H2,1H3. The first kappa shape index (κ1) is 19.4. The smallest absolute Gasteiger partial charge is 0.349 e. The van der Waals surface area contributed by atoms with Gasteiger partial charge in [0.1, 0.15) is 28.7 Å². The van der Waals surface area contributed by atoms with Crippen LogP contribution >= 0.6 is 0 Å². The lowest BCUT2D eigenvalue weighted by Gasteiger charge is -2.09. The van der Waals surface area contributed by atoms with Crippen molar-refractivity contribution in [3.05, 3.63) is 94.6 Å². The van der Waals surface area contributed by atoms with E-state index >= 15 is 0 Å². The fraction of sp³-hybridized carbons (Fsp3) is 0.0833. The maximum absolute atomic E-state index is 13.2. The zero-order chi connectivity index (χ0) is 21.1. The molecule has 5 nitrogen and oxygen atoms in total. The zero-order valence-electron chi connectivity index (χ0n) is 16.1. The van der Waals surface area contributed by atoms with Crippen LogP contribution in [-0.4, -0.2) is 12.6 Å². The van der Waals surface area contributed by atoms with Crippen LogP contribution in [0.25, 0.3) is 22.1 Å². The molecule has 4 rings (SSSR count). The van der Waals surface area contributed by atoms with Gasteiger partial charge in [0.2, 0.25) is 5.43 Å². The summed E-state index contributed by atoms with van der Waals surface area (Å²) in [6, 6.07) is 19.3. The number of hydrogen-bond acceptors (Lipinski definition) is 5. The molecular weight excluding hydrogens is 387 g/mol. The summed E-state index contributed by atoms with van der Waals surface area (Å²) in [7, 11) is 0. The third-order valence-electron chi connectivity index (χ3n) is 4.49. The molecule has 0 aliphatic carbocycles. The van der Waals surface area contributed by atoms with E-state index in [1.54, 1.807) is 13.0 Å². The third-order valence-corrected chi connectivity index (χ3v) is 4.49. The molecule has 0 amide bonds. The highest BCUT2D eigenvalue weighted by atomic mass is 19.1. The molecule has 0 N–H and O–H groups in total. The fourth-order valence-electron chi connectivity index (χ4n) is 3.15. The van der Waals surface area contributed by atoms with Gasteiger partial charge in [-0.05, 0) is 36.8 Å². The quantitative estimate of drug-likeness (QED) is 0.350. The van der Waals surface area contributed by atoms with Gasteiger partial charge in [-0.15, -0.1) is 0 Å². The monoisotopic (exact) mass is 404 g/mol. The summed E-state index contributed by atoms with van der Waals surface area (Å²) in [6.07, 6.45) is 0. The third kappa shape index (κ3) is 4.07. The van der Waals surface area contributed by atoms with Gasteiger partial charge in [-0.2, -0.15) is 0 Å². The molecule has 0 spiro atoms. The van der Waals surface area contributed by atoms with Crippen LogP contribution in [0.2, 0.25) is 0 Å². The Bertz CT molecular complexity index is 1280. The Balaban J connectivity index is 1.55. The van der Waals surface area contributed by atoms with Crippen molar-refractivity contribution in [1.29, 1.82) is 0 Å². The Kier molecular flexibility index (Phi) is 5.30. The number of halogens is 1. The lowest BCUT2D eigenvalue weighted by atomic mass is 10.0. The summed E-state index contributed by atoms with van der Waals surface area (Å²) >= 11 is 0. The highest BCUT2D eigenvalue weighted by molar-refractivity contribution is 5.84. The minimum atomic E-state index is -0.668. The average molecular weight is 404 g/mol. The Morgan fingerprint density at radius 3 is 2.53 bits per heavy atom. The molecule has 30 heavy (non-hydrogen) atoms. The Labute approximate surface area is 171 Å². The number of fused-ring (bicyclic) bond motifs is 1. The lowest BCUT2D eigenvalue weighted by molar-refractivity contribution is -0.136. The van der Waals surface area contributed by atoms with Crippen molar-refractivity contribution >= 4 is 16.9 Å². The van der Waals surface area contributed by atoms with E-state index in [-0.39, 0.29) is 16.9 Å². The summed E-state index contributed by atoms with van der Waals surface area (Å²) in [4.78, 5) is 25.0. The van der Waals surface area contributed by atoms with E-state index in [1.807, 2.05) is 30.3 Å². The minimum Gasteiger partial charge on any atom is -0.482 e. The molecule has 6 heteroatoms. The second-order valence-corrected chi connectivity index (χ2v) is 6.61.